The van der Waals surface area contributed by atoms with Crippen molar-refractivity contribution in [3.63, 3.8) is 0 Å². The van der Waals surface area contributed by atoms with Crippen LogP contribution in [0.25, 0.3) is 0 Å². The Morgan fingerprint density at radius 3 is 2.72 bits per heavy atom. The van der Waals surface area contributed by atoms with Gasteiger partial charge in [-0.3, -0.25) is 4.68 Å². The van der Waals surface area contributed by atoms with Gasteiger partial charge in [0, 0.05) is 11.1 Å². The van der Waals surface area contributed by atoms with Crippen molar-refractivity contribution in [3.8, 4) is 0 Å². The maximum Gasteiger partial charge on any atom is 0.348 e. The summed E-state index contributed by atoms with van der Waals surface area (Å²) in [4.78, 5) is 24.3. The average molecular weight is 342 g/mol. The molecular weight excluding hydrogens is 320 g/mol. The van der Waals surface area contributed by atoms with Crippen molar-refractivity contribution in [2.45, 2.75) is 40.3 Å². The highest BCUT2D eigenvalue weighted by molar-refractivity contribution is 5.92. The molecule has 0 amide bonds. The summed E-state index contributed by atoms with van der Waals surface area (Å²) in [7, 11) is 0. The van der Waals surface area contributed by atoms with Crippen LogP contribution in [0, 0.1) is 19.3 Å². The Bertz CT molecular complexity index is 823. The van der Waals surface area contributed by atoms with E-state index in [-0.39, 0.29) is 6.61 Å². The number of ether oxygens (including phenoxy) is 2. The molecular formula is C19H22N2O4. The number of benzene rings is 1. The van der Waals surface area contributed by atoms with Crippen LogP contribution in [-0.4, -0.2) is 34.4 Å². The third-order valence-electron chi connectivity index (χ3n) is 4.33. The number of carbonyl (C=O) groups excluding carboxylic acids is 2. The predicted molar refractivity (Wildman–Crippen MR) is 91.2 cm³/mol. The summed E-state index contributed by atoms with van der Waals surface area (Å²) in [6.07, 6.45) is -0.875. The number of cyclic esters (lactones) is 1. The Kier molecular flexibility index (Phi) is 4.37. The lowest BCUT2D eigenvalue weighted by atomic mass is 9.90. The molecule has 6 heteroatoms. The first-order chi connectivity index (χ1) is 11.8. The van der Waals surface area contributed by atoms with Gasteiger partial charge in [0.25, 0.3) is 0 Å². The summed E-state index contributed by atoms with van der Waals surface area (Å²) < 4.78 is 12.3. The first-order valence-electron chi connectivity index (χ1n) is 8.24. The summed E-state index contributed by atoms with van der Waals surface area (Å²) in [5, 5.41) is 4.43. The van der Waals surface area contributed by atoms with Gasteiger partial charge in [0.15, 0.2) is 0 Å². The highest BCUT2D eigenvalue weighted by atomic mass is 16.6. The number of esters is 2. The number of aryl methyl sites for hydroxylation is 2. The minimum absolute atomic E-state index is 0.252. The summed E-state index contributed by atoms with van der Waals surface area (Å²) in [6, 6.07) is 9.19. The van der Waals surface area contributed by atoms with E-state index in [4.69, 9.17) is 9.47 Å². The summed E-state index contributed by atoms with van der Waals surface area (Å²) >= 11 is 0. The van der Waals surface area contributed by atoms with Gasteiger partial charge in [0.05, 0.1) is 17.8 Å². The maximum absolute atomic E-state index is 12.5. The molecule has 1 aliphatic heterocycles. The fourth-order valence-electron chi connectivity index (χ4n) is 2.91. The van der Waals surface area contributed by atoms with E-state index in [1.54, 1.807) is 18.2 Å². The van der Waals surface area contributed by atoms with Crippen LogP contribution < -0.4 is 0 Å². The molecule has 0 bridgehead atoms. The van der Waals surface area contributed by atoms with Gasteiger partial charge in [-0.15, -0.1) is 0 Å². The molecule has 2 heterocycles. The second kappa shape index (κ2) is 6.35. The Morgan fingerprint density at radius 2 is 2.12 bits per heavy atom. The predicted octanol–water partition coefficient (Wildman–Crippen LogP) is 2.66. The summed E-state index contributed by atoms with van der Waals surface area (Å²) in [6.45, 7) is 8.44. The van der Waals surface area contributed by atoms with Gasteiger partial charge < -0.3 is 9.47 Å². The van der Waals surface area contributed by atoms with Crippen molar-refractivity contribution in [3.05, 3.63) is 52.8 Å². The van der Waals surface area contributed by atoms with Crippen molar-refractivity contribution < 1.29 is 19.1 Å². The Morgan fingerprint density at radius 1 is 1.36 bits per heavy atom. The van der Waals surface area contributed by atoms with Crippen LogP contribution in [0.4, 0.5) is 0 Å². The van der Waals surface area contributed by atoms with Crippen LogP contribution >= 0.6 is 0 Å². The van der Waals surface area contributed by atoms with Gasteiger partial charge in [0.2, 0.25) is 6.10 Å². The van der Waals surface area contributed by atoms with Gasteiger partial charge >= 0.3 is 11.9 Å². The van der Waals surface area contributed by atoms with E-state index < -0.39 is 23.5 Å². The monoisotopic (exact) mass is 342 g/mol. The largest absolute Gasteiger partial charge is 0.462 e. The Balaban J connectivity index is 1.76. The molecule has 25 heavy (non-hydrogen) atoms. The van der Waals surface area contributed by atoms with Crippen LogP contribution in [0.5, 0.6) is 0 Å². The molecule has 1 fully saturated rings. The lowest BCUT2D eigenvalue weighted by molar-refractivity contribution is -0.145. The van der Waals surface area contributed by atoms with Crippen LogP contribution in [0.2, 0.25) is 0 Å². The molecule has 0 aliphatic carbocycles. The number of rotatable bonds is 4. The molecule has 132 valence electrons. The van der Waals surface area contributed by atoms with Crippen molar-refractivity contribution in [2.24, 2.45) is 5.41 Å². The highest BCUT2D eigenvalue weighted by Crippen LogP contribution is 2.31. The molecule has 0 spiro atoms. The molecule has 1 aromatic carbocycles. The zero-order valence-corrected chi connectivity index (χ0v) is 14.9. The zero-order valence-electron chi connectivity index (χ0n) is 14.9. The summed E-state index contributed by atoms with van der Waals surface area (Å²) in [5.41, 5.74) is 2.84. The lowest BCUT2D eigenvalue weighted by Gasteiger charge is -2.21. The molecule has 0 radical (unpaired) electrons. The van der Waals surface area contributed by atoms with Gasteiger partial charge in [-0.2, -0.15) is 5.10 Å². The average Bonchev–Trinajstić information content (AvgIpc) is 3.00. The van der Waals surface area contributed by atoms with Gasteiger partial charge in [-0.1, -0.05) is 26.0 Å². The van der Waals surface area contributed by atoms with Crippen LogP contribution in [0.1, 0.15) is 41.2 Å². The molecule has 1 atom stereocenters. The number of hydrogen-bond donors (Lipinski definition) is 0. The molecule has 1 saturated heterocycles. The summed E-state index contributed by atoms with van der Waals surface area (Å²) in [5.74, 6) is -1.01. The molecule has 0 N–H and O–H groups in total. The van der Waals surface area contributed by atoms with Crippen molar-refractivity contribution >= 4 is 11.9 Å². The van der Waals surface area contributed by atoms with E-state index in [1.807, 2.05) is 44.5 Å². The topological polar surface area (TPSA) is 70.4 Å². The molecule has 2 aromatic rings. The van der Waals surface area contributed by atoms with Crippen LogP contribution in [-0.2, 0) is 20.8 Å². The van der Waals surface area contributed by atoms with Gasteiger partial charge in [0.1, 0.15) is 6.61 Å². The molecule has 0 unspecified atom stereocenters. The number of hydrogen-bond acceptors (Lipinski definition) is 5. The molecule has 1 aliphatic rings. The number of aromatic nitrogens is 2. The number of carbonyl (C=O) groups is 2. The van der Waals surface area contributed by atoms with Crippen molar-refractivity contribution in [1.29, 1.82) is 0 Å². The first kappa shape index (κ1) is 17.2. The zero-order chi connectivity index (χ0) is 18.2. The maximum atomic E-state index is 12.5. The van der Waals surface area contributed by atoms with Crippen molar-refractivity contribution in [1.82, 2.24) is 9.78 Å². The lowest BCUT2D eigenvalue weighted by Crippen LogP contribution is -2.34. The third-order valence-corrected chi connectivity index (χ3v) is 4.33. The van der Waals surface area contributed by atoms with Crippen LogP contribution in [0.3, 0.4) is 0 Å². The standard InChI is InChI=1S/C19H22N2O4/c1-12-8-13(2)21(20-12)10-14-6-5-7-15(9-14)17(22)25-16-18(23)24-11-19(16,3)4/h5-9,16H,10-11H2,1-4H3/t16-/m0/s1. The first-order valence-corrected chi connectivity index (χ1v) is 8.24. The minimum atomic E-state index is -0.875. The second-order valence-electron chi connectivity index (χ2n) is 7.17. The van der Waals surface area contributed by atoms with E-state index >= 15 is 0 Å². The molecule has 3 rings (SSSR count). The Hall–Kier alpha value is -2.63. The van der Waals surface area contributed by atoms with Crippen LogP contribution in [0.15, 0.2) is 30.3 Å². The SMILES string of the molecule is Cc1cc(C)n(Cc2cccc(C(=O)O[C@H]3C(=O)OCC3(C)C)c2)n1. The highest BCUT2D eigenvalue weighted by Gasteiger charge is 2.46. The van der Waals surface area contributed by atoms with Crippen molar-refractivity contribution in [2.75, 3.05) is 6.61 Å². The normalized spacial score (nSPS) is 18.9. The fourth-order valence-corrected chi connectivity index (χ4v) is 2.91. The fraction of sp³-hybridized carbons (Fsp3) is 0.421. The molecule has 0 saturated carbocycles. The Labute approximate surface area is 146 Å². The third kappa shape index (κ3) is 3.57. The minimum Gasteiger partial charge on any atom is -0.462 e. The van der Waals surface area contributed by atoms with E-state index in [2.05, 4.69) is 5.10 Å². The smallest absolute Gasteiger partial charge is 0.348 e. The van der Waals surface area contributed by atoms with E-state index in [0.717, 1.165) is 17.0 Å². The second-order valence-corrected chi connectivity index (χ2v) is 7.17. The molecule has 1 aromatic heterocycles. The molecule has 6 nitrogen and oxygen atoms in total. The van der Waals surface area contributed by atoms with E-state index in [1.165, 1.54) is 0 Å². The number of nitrogens with zero attached hydrogens (tertiary/aromatic N) is 2. The van der Waals surface area contributed by atoms with Gasteiger partial charge in [-0.05, 0) is 37.6 Å². The van der Waals surface area contributed by atoms with Gasteiger partial charge in [-0.25, -0.2) is 9.59 Å². The van der Waals surface area contributed by atoms with E-state index in [9.17, 15) is 9.59 Å². The quantitative estimate of drug-likeness (QED) is 0.799. The van der Waals surface area contributed by atoms with E-state index in [0.29, 0.717) is 12.1 Å².